The van der Waals surface area contributed by atoms with Crippen LogP contribution >= 0.6 is 0 Å². The second-order valence-corrected chi connectivity index (χ2v) is 6.65. The molecule has 1 fully saturated rings. The predicted octanol–water partition coefficient (Wildman–Crippen LogP) is 1.60. The zero-order valence-corrected chi connectivity index (χ0v) is 16.6. The molecular formula is C20H32N4O3. The van der Waals surface area contributed by atoms with Crippen molar-refractivity contribution in [3.8, 4) is 5.75 Å². The van der Waals surface area contributed by atoms with E-state index in [4.69, 9.17) is 9.47 Å². The van der Waals surface area contributed by atoms with Crippen LogP contribution in [0.3, 0.4) is 0 Å². The van der Waals surface area contributed by atoms with Gasteiger partial charge in [0.2, 0.25) is 5.91 Å². The molecule has 0 aromatic heterocycles. The maximum absolute atomic E-state index is 11.6. The summed E-state index contributed by atoms with van der Waals surface area (Å²) in [6, 6.07) is 6.16. The van der Waals surface area contributed by atoms with Crippen molar-refractivity contribution in [3.05, 3.63) is 29.3 Å². The fraction of sp³-hybridized carbons (Fsp3) is 0.600. The highest BCUT2D eigenvalue weighted by atomic mass is 16.5. The van der Waals surface area contributed by atoms with Gasteiger partial charge >= 0.3 is 0 Å². The second kappa shape index (κ2) is 11.4. The summed E-state index contributed by atoms with van der Waals surface area (Å²) in [5.74, 6) is 1.88. The van der Waals surface area contributed by atoms with Crippen LogP contribution in [0.4, 0.5) is 0 Å². The van der Waals surface area contributed by atoms with E-state index in [-0.39, 0.29) is 12.5 Å². The van der Waals surface area contributed by atoms with Crippen molar-refractivity contribution < 1.29 is 14.3 Å². The highest BCUT2D eigenvalue weighted by Crippen LogP contribution is 2.23. The average Bonchev–Trinajstić information content (AvgIpc) is 3.17. The molecule has 1 aliphatic heterocycles. The number of rotatable bonds is 9. The molecule has 1 aliphatic rings. The number of benzene rings is 1. The summed E-state index contributed by atoms with van der Waals surface area (Å²) in [5, 5.41) is 8.97. The van der Waals surface area contributed by atoms with Crippen molar-refractivity contribution in [1.82, 2.24) is 16.0 Å². The smallest absolute Gasteiger partial charge is 0.239 e. The zero-order valence-electron chi connectivity index (χ0n) is 16.6. The van der Waals surface area contributed by atoms with Crippen LogP contribution in [-0.2, 0) is 16.1 Å². The highest BCUT2D eigenvalue weighted by molar-refractivity contribution is 5.86. The lowest BCUT2D eigenvalue weighted by Crippen LogP contribution is -2.43. The third kappa shape index (κ3) is 7.46. The molecular weight excluding hydrogens is 344 g/mol. The lowest BCUT2D eigenvalue weighted by molar-refractivity contribution is -0.119. The molecule has 7 heteroatoms. The van der Waals surface area contributed by atoms with Crippen LogP contribution in [0.5, 0.6) is 5.75 Å². The van der Waals surface area contributed by atoms with Gasteiger partial charge in [-0.05, 0) is 38.8 Å². The van der Waals surface area contributed by atoms with Crippen LogP contribution in [0, 0.1) is 12.8 Å². The van der Waals surface area contributed by atoms with Crippen molar-refractivity contribution in [1.29, 1.82) is 0 Å². The Morgan fingerprint density at radius 1 is 1.26 bits per heavy atom. The van der Waals surface area contributed by atoms with E-state index in [9.17, 15) is 4.79 Å². The molecule has 1 aromatic rings. The van der Waals surface area contributed by atoms with E-state index < -0.39 is 0 Å². The van der Waals surface area contributed by atoms with Gasteiger partial charge < -0.3 is 25.4 Å². The monoisotopic (exact) mass is 376 g/mol. The van der Waals surface area contributed by atoms with Crippen LogP contribution in [0.25, 0.3) is 0 Å². The van der Waals surface area contributed by atoms with Crippen LogP contribution in [-0.4, -0.2) is 51.3 Å². The Kier molecular flexibility index (Phi) is 8.91. The van der Waals surface area contributed by atoms with Gasteiger partial charge in [0.25, 0.3) is 0 Å². The minimum Gasteiger partial charge on any atom is -0.493 e. The van der Waals surface area contributed by atoms with Crippen molar-refractivity contribution in [2.24, 2.45) is 10.9 Å². The molecule has 0 spiro atoms. The topological polar surface area (TPSA) is 84.0 Å². The number of amides is 1. The SMILES string of the molecule is CCNC(=O)CNC(=NCc1ccc(C)cc1OCC1CCOC1)NCC. The summed E-state index contributed by atoms with van der Waals surface area (Å²) in [5.41, 5.74) is 2.18. The summed E-state index contributed by atoms with van der Waals surface area (Å²) in [6.45, 7) is 10.2. The van der Waals surface area contributed by atoms with Gasteiger partial charge in [0.1, 0.15) is 5.75 Å². The number of carbonyl (C=O) groups is 1. The standard InChI is InChI=1S/C20H32N4O3/c1-4-21-19(25)12-24-20(22-5-2)23-11-17-7-6-15(3)10-18(17)27-14-16-8-9-26-13-16/h6-7,10,16H,4-5,8-9,11-14H2,1-3H3,(H,21,25)(H2,22,23,24). The van der Waals surface area contributed by atoms with E-state index in [0.717, 1.165) is 43.1 Å². The third-order valence-electron chi connectivity index (χ3n) is 4.26. The first-order chi connectivity index (χ1) is 13.1. The Morgan fingerprint density at radius 2 is 2.07 bits per heavy atom. The Bertz CT molecular complexity index is 628. The number of aryl methyl sites for hydroxylation is 1. The van der Waals surface area contributed by atoms with E-state index in [1.54, 1.807) is 0 Å². The molecule has 0 aliphatic carbocycles. The van der Waals surface area contributed by atoms with E-state index in [2.05, 4.69) is 40.0 Å². The summed E-state index contributed by atoms with van der Waals surface area (Å²) in [6.07, 6.45) is 1.05. The van der Waals surface area contributed by atoms with Gasteiger partial charge in [0, 0.05) is 31.2 Å². The number of guanidine groups is 1. The number of hydrogen-bond acceptors (Lipinski definition) is 4. The Hall–Kier alpha value is -2.28. The van der Waals surface area contributed by atoms with Crippen LogP contribution < -0.4 is 20.7 Å². The van der Waals surface area contributed by atoms with Crippen LogP contribution in [0.1, 0.15) is 31.4 Å². The molecule has 0 saturated carbocycles. The van der Waals surface area contributed by atoms with Gasteiger partial charge in [-0.3, -0.25) is 4.79 Å². The van der Waals surface area contributed by atoms with Crippen molar-refractivity contribution >= 4 is 11.9 Å². The first-order valence-corrected chi connectivity index (χ1v) is 9.71. The van der Waals surface area contributed by atoms with E-state index in [0.29, 0.717) is 31.6 Å². The van der Waals surface area contributed by atoms with Crippen LogP contribution in [0.15, 0.2) is 23.2 Å². The molecule has 1 unspecified atom stereocenters. The molecule has 1 amide bonds. The van der Waals surface area contributed by atoms with Gasteiger partial charge in [-0.15, -0.1) is 0 Å². The number of hydrogen-bond donors (Lipinski definition) is 3. The molecule has 3 N–H and O–H groups in total. The molecule has 1 atom stereocenters. The third-order valence-corrected chi connectivity index (χ3v) is 4.26. The number of ether oxygens (including phenoxy) is 2. The van der Waals surface area contributed by atoms with Crippen molar-refractivity contribution in [3.63, 3.8) is 0 Å². The molecule has 1 aromatic carbocycles. The Labute approximate surface area is 161 Å². The first-order valence-electron chi connectivity index (χ1n) is 9.71. The highest BCUT2D eigenvalue weighted by Gasteiger charge is 2.17. The molecule has 1 saturated heterocycles. The molecule has 0 bridgehead atoms. The fourth-order valence-corrected chi connectivity index (χ4v) is 2.78. The minimum absolute atomic E-state index is 0.0544. The van der Waals surface area contributed by atoms with E-state index in [1.807, 2.05) is 19.9 Å². The number of nitrogens with one attached hydrogen (secondary N) is 3. The second-order valence-electron chi connectivity index (χ2n) is 6.65. The average molecular weight is 377 g/mol. The quantitative estimate of drug-likeness (QED) is 0.450. The first kappa shape index (κ1) is 21.0. The summed E-state index contributed by atoms with van der Waals surface area (Å²) < 4.78 is 11.5. The normalized spacial score (nSPS) is 16.9. The van der Waals surface area contributed by atoms with Gasteiger partial charge in [-0.2, -0.15) is 0 Å². The van der Waals surface area contributed by atoms with Gasteiger partial charge in [-0.25, -0.2) is 4.99 Å². The largest absolute Gasteiger partial charge is 0.493 e. The van der Waals surface area contributed by atoms with E-state index >= 15 is 0 Å². The number of carbonyl (C=O) groups excluding carboxylic acids is 1. The maximum Gasteiger partial charge on any atom is 0.239 e. The van der Waals surface area contributed by atoms with E-state index in [1.165, 1.54) is 0 Å². The van der Waals surface area contributed by atoms with Gasteiger partial charge in [0.15, 0.2) is 5.96 Å². The summed E-state index contributed by atoms with van der Waals surface area (Å²) >= 11 is 0. The number of aliphatic imine (C=N–C) groups is 1. The predicted molar refractivity (Wildman–Crippen MR) is 107 cm³/mol. The molecule has 0 radical (unpaired) electrons. The zero-order chi connectivity index (χ0) is 19.5. The van der Waals surface area contributed by atoms with Gasteiger partial charge in [0.05, 0.1) is 26.3 Å². The minimum atomic E-state index is -0.0544. The lowest BCUT2D eigenvalue weighted by Gasteiger charge is -2.15. The van der Waals surface area contributed by atoms with Crippen molar-refractivity contribution in [2.45, 2.75) is 33.7 Å². The van der Waals surface area contributed by atoms with Crippen LogP contribution in [0.2, 0.25) is 0 Å². The molecule has 150 valence electrons. The Morgan fingerprint density at radius 3 is 2.78 bits per heavy atom. The fourth-order valence-electron chi connectivity index (χ4n) is 2.78. The molecule has 1 heterocycles. The number of likely N-dealkylation sites (N-methyl/N-ethyl adjacent to an activating group) is 1. The molecule has 7 nitrogen and oxygen atoms in total. The lowest BCUT2D eigenvalue weighted by atomic mass is 10.1. The van der Waals surface area contributed by atoms with Crippen molar-refractivity contribution in [2.75, 3.05) is 39.5 Å². The summed E-state index contributed by atoms with van der Waals surface area (Å²) in [7, 11) is 0. The summed E-state index contributed by atoms with van der Waals surface area (Å²) in [4.78, 5) is 16.2. The molecule has 2 rings (SSSR count). The maximum atomic E-state index is 11.6. The van der Waals surface area contributed by atoms with Gasteiger partial charge in [-0.1, -0.05) is 12.1 Å². The molecule has 27 heavy (non-hydrogen) atoms. The number of nitrogens with zero attached hydrogens (tertiary/aromatic N) is 1. The Balaban J connectivity index is 1.99.